The van der Waals surface area contributed by atoms with E-state index in [-0.39, 0.29) is 6.42 Å². The van der Waals surface area contributed by atoms with E-state index in [2.05, 4.69) is 5.32 Å². The zero-order chi connectivity index (χ0) is 11.1. The summed E-state index contributed by atoms with van der Waals surface area (Å²) in [4.78, 5) is 10.2. The Balaban J connectivity index is 2.24. The summed E-state index contributed by atoms with van der Waals surface area (Å²) in [7, 11) is 0. The quantitative estimate of drug-likeness (QED) is 0.623. The molecule has 0 aliphatic heterocycles. The second-order valence-corrected chi connectivity index (χ2v) is 3.31. The molecule has 0 saturated carbocycles. The number of carbonyl (C=O) groups is 1. The largest absolute Gasteiger partial charge is 0.481 e. The SMILES string of the molecule is O=C(O)CCCC(O)Nc1ccccc1. The Kier molecular flexibility index (Phi) is 4.63. The van der Waals surface area contributed by atoms with Crippen molar-refractivity contribution in [3.05, 3.63) is 30.3 Å². The third-order valence-corrected chi connectivity index (χ3v) is 1.98. The molecule has 1 rings (SSSR count). The molecule has 0 radical (unpaired) electrons. The average molecular weight is 209 g/mol. The summed E-state index contributed by atoms with van der Waals surface area (Å²) in [6.07, 6.45) is 0.303. The number of benzene rings is 1. The first-order valence-electron chi connectivity index (χ1n) is 4.90. The third kappa shape index (κ3) is 5.02. The van der Waals surface area contributed by atoms with E-state index in [1.807, 2.05) is 30.3 Å². The molecule has 4 nitrogen and oxygen atoms in total. The minimum Gasteiger partial charge on any atom is -0.481 e. The van der Waals surface area contributed by atoms with E-state index in [0.717, 1.165) is 5.69 Å². The normalized spacial score (nSPS) is 12.1. The highest BCUT2D eigenvalue weighted by Crippen LogP contribution is 2.09. The first-order valence-corrected chi connectivity index (χ1v) is 4.90. The predicted molar refractivity (Wildman–Crippen MR) is 57.6 cm³/mol. The van der Waals surface area contributed by atoms with Crippen molar-refractivity contribution in [1.29, 1.82) is 0 Å². The van der Waals surface area contributed by atoms with Gasteiger partial charge in [0.15, 0.2) is 0 Å². The van der Waals surface area contributed by atoms with E-state index in [1.54, 1.807) is 0 Å². The van der Waals surface area contributed by atoms with Crippen LogP contribution in [0, 0.1) is 0 Å². The fourth-order valence-corrected chi connectivity index (χ4v) is 1.25. The van der Waals surface area contributed by atoms with E-state index in [4.69, 9.17) is 5.11 Å². The molecular formula is C11H15NO3. The summed E-state index contributed by atoms with van der Waals surface area (Å²) in [6.45, 7) is 0. The standard InChI is InChI=1S/C11H15NO3/c13-10(7-4-8-11(14)15)12-9-5-2-1-3-6-9/h1-3,5-6,10,12-13H,4,7-8H2,(H,14,15). The van der Waals surface area contributed by atoms with Crippen molar-refractivity contribution in [3.8, 4) is 0 Å². The molecule has 1 unspecified atom stereocenters. The molecule has 0 aliphatic carbocycles. The van der Waals surface area contributed by atoms with Gasteiger partial charge in [0.1, 0.15) is 6.23 Å². The Hall–Kier alpha value is -1.55. The van der Waals surface area contributed by atoms with Crippen LogP contribution >= 0.6 is 0 Å². The van der Waals surface area contributed by atoms with Crippen molar-refractivity contribution in [2.24, 2.45) is 0 Å². The van der Waals surface area contributed by atoms with Gasteiger partial charge in [-0.05, 0) is 25.0 Å². The number of carboxylic acids is 1. The molecule has 1 aromatic rings. The smallest absolute Gasteiger partial charge is 0.303 e. The molecule has 0 heterocycles. The first kappa shape index (κ1) is 11.5. The van der Waals surface area contributed by atoms with Crippen molar-refractivity contribution in [2.45, 2.75) is 25.5 Å². The molecule has 0 fully saturated rings. The van der Waals surface area contributed by atoms with Crippen molar-refractivity contribution < 1.29 is 15.0 Å². The molecule has 0 amide bonds. The number of hydrogen-bond acceptors (Lipinski definition) is 3. The van der Waals surface area contributed by atoms with Crippen LogP contribution in [0.25, 0.3) is 0 Å². The van der Waals surface area contributed by atoms with Gasteiger partial charge in [-0.1, -0.05) is 18.2 Å². The number of rotatable bonds is 6. The van der Waals surface area contributed by atoms with Crippen LogP contribution in [0.2, 0.25) is 0 Å². The van der Waals surface area contributed by atoms with Gasteiger partial charge in [-0.3, -0.25) is 4.79 Å². The van der Waals surface area contributed by atoms with Gasteiger partial charge in [-0.15, -0.1) is 0 Å². The highest BCUT2D eigenvalue weighted by molar-refractivity contribution is 5.66. The van der Waals surface area contributed by atoms with E-state index in [0.29, 0.717) is 12.8 Å². The van der Waals surface area contributed by atoms with Crippen molar-refractivity contribution in [1.82, 2.24) is 0 Å². The highest BCUT2D eigenvalue weighted by atomic mass is 16.4. The zero-order valence-corrected chi connectivity index (χ0v) is 8.39. The summed E-state index contributed by atoms with van der Waals surface area (Å²) in [5.74, 6) is -0.832. The Labute approximate surface area is 88.6 Å². The number of para-hydroxylation sites is 1. The van der Waals surface area contributed by atoms with Gasteiger partial charge in [0.25, 0.3) is 0 Å². The van der Waals surface area contributed by atoms with Crippen LogP contribution in [0.4, 0.5) is 5.69 Å². The van der Waals surface area contributed by atoms with Crippen LogP contribution in [0.3, 0.4) is 0 Å². The summed E-state index contributed by atoms with van der Waals surface area (Å²) >= 11 is 0. The van der Waals surface area contributed by atoms with E-state index in [9.17, 15) is 9.90 Å². The minimum atomic E-state index is -0.832. The third-order valence-electron chi connectivity index (χ3n) is 1.98. The van der Waals surface area contributed by atoms with E-state index in [1.165, 1.54) is 0 Å². The Bertz CT molecular complexity index is 300. The molecular weight excluding hydrogens is 194 g/mol. The number of nitrogens with one attached hydrogen (secondary N) is 1. The Morgan fingerprint density at radius 3 is 2.60 bits per heavy atom. The Morgan fingerprint density at radius 2 is 2.00 bits per heavy atom. The lowest BCUT2D eigenvalue weighted by atomic mass is 10.2. The van der Waals surface area contributed by atoms with Gasteiger partial charge in [0.05, 0.1) is 0 Å². The number of aliphatic hydroxyl groups is 1. The van der Waals surface area contributed by atoms with Gasteiger partial charge in [-0.2, -0.15) is 0 Å². The second-order valence-electron chi connectivity index (χ2n) is 3.31. The summed E-state index contributed by atoms with van der Waals surface area (Å²) < 4.78 is 0. The maximum Gasteiger partial charge on any atom is 0.303 e. The van der Waals surface area contributed by atoms with Crippen molar-refractivity contribution in [3.63, 3.8) is 0 Å². The van der Waals surface area contributed by atoms with Crippen LogP contribution in [-0.2, 0) is 4.79 Å². The molecule has 82 valence electrons. The fourth-order valence-electron chi connectivity index (χ4n) is 1.25. The molecule has 0 bridgehead atoms. The average Bonchev–Trinajstić information content (AvgIpc) is 2.18. The molecule has 15 heavy (non-hydrogen) atoms. The molecule has 0 saturated heterocycles. The topological polar surface area (TPSA) is 69.6 Å². The number of carboxylic acid groups (broad SMARTS) is 1. The van der Waals surface area contributed by atoms with Crippen molar-refractivity contribution >= 4 is 11.7 Å². The van der Waals surface area contributed by atoms with Crippen LogP contribution < -0.4 is 5.32 Å². The van der Waals surface area contributed by atoms with Crippen molar-refractivity contribution in [2.75, 3.05) is 5.32 Å². The number of aliphatic hydroxyl groups excluding tert-OH is 1. The summed E-state index contributed by atoms with van der Waals surface area (Å²) in [5, 5.41) is 20.8. The molecule has 4 heteroatoms. The van der Waals surface area contributed by atoms with Crippen LogP contribution in [0.5, 0.6) is 0 Å². The molecule has 0 aliphatic rings. The molecule has 1 atom stereocenters. The predicted octanol–water partition coefficient (Wildman–Crippen LogP) is 1.67. The Morgan fingerprint density at radius 1 is 1.33 bits per heavy atom. The highest BCUT2D eigenvalue weighted by Gasteiger charge is 2.04. The van der Waals surface area contributed by atoms with Gasteiger partial charge < -0.3 is 15.5 Å². The monoisotopic (exact) mass is 209 g/mol. The molecule has 3 N–H and O–H groups in total. The second kappa shape index (κ2) is 6.03. The maximum absolute atomic E-state index is 10.2. The van der Waals surface area contributed by atoms with Crippen LogP contribution in [-0.4, -0.2) is 22.4 Å². The lowest BCUT2D eigenvalue weighted by molar-refractivity contribution is -0.137. The van der Waals surface area contributed by atoms with Gasteiger partial charge in [0, 0.05) is 12.1 Å². The maximum atomic E-state index is 10.2. The van der Waals surface area contributed by atoms with E-state index < -0.39 is 12.2 Å². The van der Waals surface area contributed by atoms with Crippen LogP contribution in [0.1, 0.15) is 19.3 Å². The zero-order valence-electron chi connectivity index (χ0n) is 8.39. The van der Waals surface area contributed by atoms with Gasteiger partial charge in [-0.25, -0.2) is 0 Å². The van der Waals surface area contributed by atoms with Gasteiger partial charge in [0.2, 0.25) is 0 Å². The molecule has 1 aromatic carbocycles. The molecule has 0 aromatic heterocycles. The first-order chi connectivity index (χ1) is 7.18. The summed E-state index contributed by atoms with van der Waals surface area (Å²) in [5.41, 5.74) is 0.834. The van der Waals surface area contributed by atoms with E-state index >= 15 is 0 Å². The minimum absolute atomic E-state index is 0.0908. The number of aliphatic carboxylic acids is 1. The number of hydrogen-bond donors (Lipinski definition) is 3. The summed E-state index contributed by atoms with van der Waals surface area (Å²) in [6, 6.07) is 9.32. The fraction of sp³-hybridized carbons (Fsp3) is 0.364. The lowest BCUT2D eigenvalue weighted by Crippen LogP contribution is -2.18. The number of anilines is 1. The van der Waals surface area contributed by atoms with Crippen LogP contribution in [0.15, 0.2) is 30.3 Å². The lowest BCUT2D eigenvalue weighted by Gasteiger charge is -2.13. The van der Waals surface area contributed by atoms with Gasteiger partial charge >= 0.3 is 5.97 Å². The molecule has 0 spiro atoms.